The molecule has 0 saturated carbocycles. The van der Waals surface area contributed by atoms with Gasteiger partial charge in [-0.3, -0.25) is 4.79 Å². The number of fused-ring (bicyclic) bond motifs is 1. The largest absolute Gasteiger partial charge is 0.338 e. The lowest BCUT2D eigenvalue weighted by atomic mass is 9.89. The van der Waals surface area contributed by atoms with Crippen LogP contribution in [0, 0.1) is 11.8 Å². The maximum absolute atomic E-state index is 12.7. The van der Waals surface area contributed by atoms with Crippen molar-refractivity contribution in [3.05, 3.63) is 47.5 Å². The molecular formula is C24H34N2O. The van der Waals surface area contributed by atoms with Crippen molar-refractivity contribution >= 4 is 5.91 Å². The maximum Gasteiger partial charge on any atom is 0.222 e. The molecule has 0 N–H and O–H groups in total. The molecule has 1 atom stereocenters. The van der Waals surface area contributed by atoms with E-state index in [0.717, 1.165) is 44.2 Å². The number of rotatable bonds is 5. The molecule has 1 saturated heterocycles. The van der Waals surface area contributed by atoms with Gasteiger partial charge in [-0.05, 0) is 81.0 Å². The van der Waals surface area contributed by atoms with Crippen LogP contribution in [0.25, 0.3) is 0 Å². The van der Waals surface area contributed by atoms with Crippen LogP contribution in [0.4, 0.5) is 0 Å². The van der Waals surface area contributed by atoms with Crippen molar-refractivity contribution in [2.75, 3.05) is 26.2 Å². The monoisotopic (exact) mass is 366 g/mol. The van der Waals surface area contributed by atoms with Crippen molar-refractivity contribution < 1.29 is 4.79 Å². The Bertz CT molecular complexity index is 660. The van der Waals surface area contributed by atoms with E-state index >= 15 is 0 Å². The Morgan fingerprint density at radius 3 is 2.56 bits per heavy atom. The number of carbonyl (C=O) groups excluding carboxylic acids is 1. The van der Waals surface area contributed by atoms with Gasteiger partial charge in [-0.1, -0.05) is 36.4 Å². The third-order valence-corrected chi connectivity index (χ3v) is 6.85. The zero-order valence-electron chi connectivity index (χ0n) is 16.6. The van der Waals surface area contributed by atoms with E-state index < -0.39 is 0 Å². The van der Waals surface area contributed by atoms with Crippen LogP contribution in [0.5, 0.6) is 0 Å². The smallest absolute Gasteiger partial charge is 0.222 e. The van der Waals surface area contributed by atoms with Crippen molar-refractivity contribution in [1.82, 2.24) is 9.80 Å². The minimum atomic E-state index is 0.362. The molecule has 0 unspecified atom stereocenters. The van der Waals surface area contributed by atoms with Gasteiger partial charge in [-0.2, -0.15) is 0 Å². The fraction of sp³-hybridized carbons (Fsp3) is 0.625. The van der Waals surface area contributed by atoms with E-state index in [-0.39, 0.29) is 0 Å². The summed E-state index contributed by atoms with van der Waals surface area (Å²) in [4.78, 5) is 17.4. The van der Waals surface area contributed by atoms with Crippen molar-refractivity contribution in [3.63, 3.8) is 0 Å². The Morgan fingerprint density at radius 1 is 0.963 bits per heavy atom. The van der Waals surface area contributed by atoms with Crippen molar-refractivity contribution in [3.8, 4) is 0 Å². The number of piperidine rings is 1. The molecule has 3 aliphatic rings. The lowest BCUT2D eigenvalue weighted by molar-refractivity contribution is -0.132. The second-order valence-electron chi connectivity index (χ2n) is 8.77. The first-order valence-corrected chi connectivity index (χ1v) is 11.0. The Kier molecular flexibility index (Phi) is 6.28. The van der Waals surface area contributed by atoms with Gasteiger partial charge >= 0.3 is 0 Å². The molecule has 27 heavy (non-hydrogen) atoms. The van der Waals surface area contributed by atoms with Crippen LogP contribution in [0.1, 0.15) is 56.1 Å². The summed E-state index contributed by atoms with van der Waals surface area (Å²) >= 11 is 0. The molecule has 1 aromatic carbocycles. The summed E-state index contributed by atoms with van der Waals surface area (Å²) in [7, 11) is 0. The van der Waals surface area contributed by atoms with Crippen LogP contribution in [0.2, 0.25) is 0 Å². The van der Waals surface area contributed by atoms with Crippen LogP contribution < -0.4 is 0 Å². The Morgan fingerprint density at radius 2 is 1.78 bits per heavy atom. The lowest BCUT2D eigenvalue weighted by Gasteiger charge is -2.35. The summed E-state index contributed by atoms with van der Waals surface area (Å²) in [6, 6.07) is 8.57. The van der Waals surface area contributed by atoms with Crippen molar-refractivity contribution in [1.29, 1.82) is 0 Å². The zero-order valence-corrected chi connectivity index (χ0v) is 16.6. The first-order valence-electron chi connectivity index (χ1n) is 11.0. The highest BCUT2D eigenvalue weighted by molar-refractivity contribution is 5.76. The second-order valence-corrected chi connectivity index (χ2v) is 8.77. The van der Waals surface area contributed by atoms with Crippen molar-refractivity contribution in [2.45, 2.75) is 57.9 Å². The first kappa shape index (κ1) is 18.7. The summed E-state index contributed by atoms with van der Waals surface area (Å²) in [5.41, 5.74) is 2.75. The van der Waals surface area contributed by atoms with Crippen LogP contribution in [-0.4, -0.2) is 41.9 Å². The zero-order chi connectivity index (χ0) is 18.5. The minimum absolute atomic E-state index is 0.362. The minimum Gasteiger partial charge on any atom is -0.338 e. The maximum atomic E-state index is 12.7. The number of carbonyl (C=O) groups is 1. The molecule has 1 amide bonds. The number of allylic oxidation sites excluding steroid dienone is 2. The molecule has 1 fully saturated rings. The number of hydrogen-bond acceptors (Lipinski definition) is 2. The van der Waals surface area contributed by atoms with Gasteiger partial charge in [0.2, 0.25) is 5.91 Å². The quantitative estimate of drug-likeness (QED) is 0.720. The van der Waals surface area contributed by atoms with Crippen LogP contribution in [-0.2, 0) is 17.8 Å². The SMILES string of the molecule is O=C(CCC1CCN(C[C@@H]2CC=CCC2)CC1)N1CCc2ccccc2C1. The van der Waals surface area contributed by atoms with Crippen LogP contribution in [0.15, 0.2) is 36.4 Å². The Balaban J connectivity index is 1.17. The van der Waals surface area contributed by atoms with Gasteiger partial charge in [0.1, 0.15) is 0 Å². The molecule has 0 radical (unpaired) electrons. The molecule has 0 aromatic heterocycles. The van der Waals surface area contributed by atoms with Gasteiger partial charge in [0.25, 0.3) is 0 Å². The summed E-state index contributed by atoms with van der Waals surface area (Å²) < 4.78 is 0. The molecule has 146 valence electrons. The van der Waals surface area contributed by atoms with E-state index in [1.807, 2.05) is 0 Å². The number of benzene rings is 1. The average molecular weight is 367 g/mol. The lowest BCUT2D eigenvalue weighted by Crippen LogP contribution is -2.38. The molecule has 2 aliphatic heterocycles. The van der Waals surface area contributed by atoms with E-state index in [4.69, 9.17) is 0 Å². The molecule has 3 heteroatoms. The summed E-state index contributed by atoms with van der Waals surface area (Å²) in [5, 5.41) is 0. The first-order chi connectivity index (χ1) is 13.3. The predicted octanol–water partition coefficient (Wildman–Crippen LogP) is 4.42. The summed E-state index contributed by atoms with van der Waals surface area (Å²) in [6.07, 6.45) is 14.0. The highest BCUT2D eigenvalue weighted by atomic mass is 16.2. The van der Waals surface area contributed by atoms with Gasteiger partial charge < -0.3 is 9.80 Å². The molecule has 4 rings (SSSR count). The van der Waals surface area contributed by atoms with Crippen molar-refractivity contribution in [2.24, 2.45) is 11.8 Å². The summed E-state index contributed by atoms with van der Waals surface area (Å²) in [6.45, 7) is 5.45. The molecule has 0 bridgehead atoms. The second kappa shape index (κ2) is 9.05. The number of hydrogen-bond donors (Lipinski definition) is 0. The van der Waals surface area contributed by atoms with Crippen LogP contribution in [0.3, 0.4) is 0 Å². The van der Waals surface area contributed by atoms with Gasteiger partial charge in [0.05, 0.1) is 0 Å². The topological polar surface area (TPSA) is 23.6 Å². The Hall–Kier alpha value is -1.61. The number of amides is 1. The fourth-order valence-corrected chi connectivity index (χ4v) is 5.04. The fourth-order valence-electron chi connectivity index (χ4n) is 5.04. The van der Waals surface area contributed by atoms with Gasteiger partial charge in [-0.15, -0.1) is 0 Å². The van der Waals surface area contributed by atoms with Gasteiger partial charge in [0.15, 0.2) is 0 Å². The van der Waals surface area contributed by atoms with Gasteiger partial charge in [-0.25, -0.2) is 0 Å². The average Bonchev–Trinajstić information content (AvgIpc) is 2.73. The van der Waals surface area contributed by atoms with E-state index in [1.165, 1.54) is 62.9 Å². The third kappa shape index (κ3) is 5.01. The number of nitrogens with zero attached hydrogens (tertiary/aromatic N) is 2. The predicted molar refractivity (Wildman–Crippen MR) is 110 cm³/mol. The molecule has 1 aromatic rings. The molecule has 0 spiro atoms. The number of likely N-dealkylation sites (tertiary alicyclic amines) is 1. The van der Waals surface area contributed by atoms with Crippen LogP contribution >= 0.6 is 0 Å². The molecule has 3 nitrogen and oxygen atoms in total. The highest BCUT2D eigenvalue weighted by Gasteiger charge is 2.24. The molecular weight excluding hydrogens is 332 g/mol. The summed E-state index contributed by atoms with van der Waals surface area (Å²) in [5.74, 6) is 1.98. The standard InChI is InChI=1S/C24H34N2O/c27-24(26-17-14-22-8-4-5-9-23(22)19-26)11-10-20-12-15-25(16-13-20)18-21-6-2-1-3-7-21/h1-2,4-5,8-9,20-21H,3,6-7,10-19H2/t21-/m1/s1. The van der Waals surface area contributed by atoms with E-state index in [0.29, 0.717) is 5.91 Å². The van der Waals surface area contributed by atoms with E-state index in [1.54, 1.807) is 0 Å². The Labute approximate surface area is 164 Å². The van der Waals surface area contributed by atoms with E-state index in [9.17, 15) is 4.79 Å². The van der Waals surface area contributed by atoms with E-state index in [2.05, 4.69) is 46.2 Å². The third-order valence-electron chi connectivity index (χ3n) is 6.85. The van der Waals surface area contributed by atoms with Gasteiger partial charge in [0, 0.05) is 26.1 Å². The molecule has 1 aliphatic carbocycles. The normalized spacial score (nSPS) is 24.0. The molecule has 2 heterocycles. The highest BCUT2D eigenvalue weighted by Crippen LogP contribution is 2.26.